The summed E-state index contributed by atoms with van der Waals surface area (Å²) in [6.07, 6.45) is 3.41. The molecule has 3 rings (SSSR count). The second-order valence-corrected chi connectivity index (χ2v) is 6.62. The van der Waals surface area contributed by atoms with E-state index in [1.807, 2.05) is 19.9 Å². The van der Waals surface area contributed by atoms with E-state index in [-0.39, 0.29) is 5.78 Å². The zero-order valence-corrected chi connectivity index (χ0v) is 16.4. The summed E-state index contributed by atoms with van der Waals surface area (Å²) in [5, 5.41) is 0. The van der Waals surface area contributed by atoms with Gasteiger partial charge in [-0.1, -0.05) is 32.9 Å². The first kappa shape index (κ1) is 19.9. The fourth-order valence-electron chi connectivity index (χ4n) is 3.79. The largest absolute Gasteiger partial charge is 0.379 e. The summed E-state index contributed by atoms with van der Waals surface area (Å²) in [6, 6.07) is 6.87. The van der Waals surface area contributed by atoms with Crippen molar-refractivity contribution >= 4 is 11.5 Å². The number of morpholine rings is 1. The zero-order chi connectivity index (χ0) is 18.2. The molecular weight excluding hydrogens is 312 g/mol. The average molecular weight is 347 g/mol. The topological polar surface area (TPSA) is 32.8 Å². The molecule has 1 aromatic rings. The van der Waals surface area contributed by atoms with Gasteiger partial charge in [0.15, 0.2) is 5.78 Å². The molecule has 0 aromatic heterocycles. The number of carbonyl (C=O) groups is 1. The molecule has 2 aliphatic heterocycles. The fraction of sp³-hybridized carbons (Fsp3) is 0.667. The highest BCUT2D eigenvalue weighted by Gasteiger charge is 2.26. The Bertz CT molecular complexity index is 545. The van der Waals surface area contributed by atoms with Crippen molar-refractivity contribution in [3.8, 4) is 0 Å². The van der Waals surface area contributed by atoms with Crippen LogP contribution in [0.25, 0.3) is 0 Å². The van der Waals surface area contributed by atoms with E-state index in [9.17, 15) is 4.79 Å². The zero-order valence-electron chi connectivity index (χ0n) is 16.4. The number of piperidine rings is 1. The highest BCUT2D eigenvalue weighted by Crippen LogP contribution is 2.28. The lowest BCUT2D eigenvalue weighted by Gasteiger charge is -2.41. The minimum absolute atomic E-state index is 0.150. The maximum Gasteiger partial charge on any atom is 0.159 e. The number of nitrogens with zero attached hydrogens (tertiary/aromatic N) is 2. The van der Waals surface area contributed by atoms with Gasteiger partial charge in [-0.05, 0) is 37.8 Å². The average Bonchev–Trinajstić information content (AvgIpc) is 2.70. The summed E-state index contributed by atoms with van der Waals surface area (Å²) in [7, 11) is 0. The second-order valence-electron chi connectivity index (χ2n) is 6.62. The van der Waals surface area contributed by atoms with E-state index in [2.05, 4.69) is 28.9 Å². The van der Waals surface area contributed by atoms with Gasteiger partial charge in [-0.3, -0.25) is 9.69 Å². The van der Waals surface area contributed by atoms with Crippen LogP contribution in [0.5, 0.6) is 0 Å². The number of carbonyl (C=O) groups excluding carboxylic acids is 1. The van der Waals surface area contributed by atoms with Crippen LogP contribution < -0.4 is 4.90 Å². The number of Topliss-reactive ketones (excluding diaryl/α,β-unsaturated/α-hetero) is 1. The molecule has 0 N–H and O–H groups in total. The van der Waals surface area contributed by atoms with Crippen LogP contribution in [0.4, 0.5) is 5.69 Å². The van der Waals surface area contributed by atoms with Gasteiger partial charge < -0.3 is 9.64 Å². The van der Waals surface area contributed by atoms with Crippen molar-refractivity contribution < 1.29 is 9.53 Å². The molecule has 2 aliphatic rings. The van der Waals surface area contributed by atoms with Crippen LogP contribution in [0.2, 0.25) is 0 Å². The number of anilines is 1. The molecule has 4 nitrogen and oxygen atoms in total. The molecule has 2 fully saturated rings. The van der Waals surface area contributed by atoms with E-state index >= 15 is 0 Å². The summed E-state index contributed by atoms with van der Waals surface area (Å²) < 4.78 is 5.46. The van der Waals surface area contributed by atoms with Crippen molar-refractivity contribution in [2.45, 2.75) is 53.0 Å². The Balaban J connectivity index is 0.00000109. The van der Waals surface area contributed by atoms with Crippen LogP contribution in [0.15, 0.2) is 18.2 Å². The van der Waals surface area contributed by atoms with Gasteiger partial charge in [0.05, 0.1) is 13.2 Å². The molecule has 0 spiro atoms. The highest BCUT2D eigenvalue weighted by molar-refractivity contribution is 5.95. The summed E-state index contributed by atoms with van der Waals surface area (Å²) in [5.41, 5.74) is 3.44. The van der Waals surface area contributed by atoms with Crippen molar-refractivity contribution in [1.82, 2.24) is 4.90 Å². The predicted molar refractivity (Wildman–Crippen MR) is 105 cm³/mol. The maximum absolute atomic E-state index is 11.7. The standard InChI is InChI=1S/C19H28N2O2.C2H6/c1-3-16-4-5-17(15(2)22)14-19(16)21-8-6-18(7-9-21)20-10-12-23-13-11-20;1-2/h4-5,14,18H,3,6-13H2,1-2H3;1-2H3. The minimum atomic E-state index is 0.150. The third-order valence-electron chi connectivity index (χ3n) is 5.24. The summed E-state index contributed by atoms with van der Waals surface area (Å²) in [4.78, 5) is 16.8. The molecule has 0 atom stereocenters. The number of rotatable bonds is 4. The monoisotopic (exact) mass is 346 g/mol. The van der Waals surface area contributed by atoms with Crippen LogP contribution in [-0.4, -0.2) is 56.1 Å². The number of ether oxygens (including phenoxy) is 1. The lowest BCUT2D eigenvalue weighted by atomic mass is 9.99. The molecule has 0 bridgehead atoms. The highest BCUT2D eigenvalue weighted by atomic mass is 16.5. The Labute approximate surface area is 153 Å². The maximum atomic E-state index is 11.7. The molecule has 0 amide bonds. The number of hydrogen-bond acceptors (Lipinski definition) is 4. The molecular formula is C21H34N2O2. The normalized spacial score (nSPS) is 19.3. The number of hydrogen-bond donors (Lipinski definition) is 0. The predicted octanol–water partition coefficient (Wildman–Crippen LogP) is 3.78. The van der Waals surface area contributed by atoms with Crippen molar-refractivity contribution in [3.05, 3.63) is 29.3 Å². The van der Waals surface area contributed by atoms with Gasteiger partial charge in [-0.2, -0.15) is 0 Å². The molecule has 25 heavy (non-hydrogen) atoms. The molecule has 140 valence electrons. The molecule has 4 heteroatoms. The SMILES string of the molecule is CC.CCc1ccc(C(C)=O)cc1N1CCC(N2CCOCC2)CC1. The first-order valence-electron chi connectivity index (χ1n) is 9.89. The molecule has 2 saturated heterocycles. The van der Waals surface area contributed by atoms with Crippen LogP contribution in [0.1, 0.15) is 56.5 Å². The fourth-order valence-corrected chi connectivity index (χ4v) is 3.79. The Morgan fingerprint density at radius 3 is 2.32 bits per heavy atom. The van der Waals surface area contributed by atoms with Gasteiger partial charge in [-0.25, -0.2) is 0 Å². The Morgan fingerprint density at radius 2 is 1.76 bits per heavy atom. The van der Waals surface area contributed by atoms with E-state index in [1.54, 1.807) is 6.92 Å². The lowest BCUT2D eigenvalue weighted by Crippen LogP contribution is -2.49. The molecule has 0 aliphatic carbocycles. The molecule has 1 aromatic carbocycles. The molecule has 2 heterocycles. The van der Waals surface area contributed by atoms with Gasteiger partial charge in [0.2, 0.25) is 0 Å². The Kier molecular flexibility index (Phi) is 7.91. The van der Waals surface area contributed by atoms with E-state index in [0.29, 0.717) is 6.04 Å². The lowest BCUT2D eigenvalue weighted by molar-refractivity contribution is 0.0115. The van der Waals surface area contributed by atoms with Crippen molar-refractivity contribution in [2.75, 3.05) is 44.3 Å². The van der Waals surface area contributed by atoms with Gasteiger partial charge >= 0.3 is 0 Å². The van der Waals surface area contributed by atoms with E-state index in [4.69, 9.17) is 4.74 Å². The van der Waals surface area contributed by atoms with Crippen molar-refractivity contribution in [3.63, 3.8) is 0 Å². The van der Waals surface area contributed by atoms with Crippen LogP contribution in [0, 0.1) is 0 Å². The number of aryl methyl sites for hydroxylation is 1. The van der Waals surface area contributed by atoms with Crippen molar-refractivity contribution in [1.29, 1.82) is 0 Å². The van der Waals surface area contributed by atoms with Gasteiger partial charge in [0.25, 0.3) is 0 Å². The molecule has 0 radical (unpaired) electrons. The van der Waals surface area contributed by atoms with Gasteiger partial charge in [-0.15, -0.1) is 0 Å². The smallest absolute Gasteiger partial charge is 0.159 e. The Hall–Kier alpha value is -1.39. The quantitative estimate of drug-likeness (QED) is 0.777. The van der Waals surface area contributed by atoms with Crippen LogP contribution in [0.3, 0.4) is 0 Å². The first-order chi connectivity index (χ1) is 12.2. The second kappa shape index (κ2) is 9.93. The number of benzene rings is 1. The number of ketones is 1. The Morgan fingerprint density at radius 1 is 1.12 bits per heavy atom. The summed E-state index contributed by atoms with van der Waals surface area (Å²) in [5.74, 6) is 0.150. The van der Waals surface area contributed by atoms with Crippen LogP contribution in [-0.2, 0) is 11.2 Å². The minimum Gasteiger partial charge on any atom is -0.379 e. The van der Waals surface area contributed by atoms with E-state index in [1.165, 1.54) is 24.1 Å². The molecule has 0 saturated carbocycles. The van der Waals surface area contributed by atoms with Crippen molar-refractivity contribution in [2.24, 2.45) is 0 Å². The van der Waals surface area contributed by atoms with E-state index < -0.39 is 0 Å². The van der Waals surface area contributed by atoms with Gasteiger partial charge in [0.1, 0.15) is 0 Å². The molecule has 0 unspecified atom stereocenters. The third-order valence-corrected chi connectivity index (χ3v) is 5.24. The van der Waals surface area contributed by atoms with Gasteiger partial charge in [0, 0.05) is 43.5 Å². The third kappa shape index (κ3) is 5.05. The summed E-state index contributed by atoms with van der Waals surface area (Å²) >= 11 is 0. The van der Waals surface area contributed by atoms with Crippen LogP contribution >= 0.6 is 0 Å². The van der Waals surface area contributed by atoms with E-state index in [0.717, 1.165) is 51.4 Å². The first-order valence-corrected chi connectivity index (χ1v) is 9.89. The summed E-state index contributed by atoms with van der Waals surface area (Å²) in [6.45, 7) is 13.9.